The van der Waals surface area contributed by atoms with Crippen LogP contribution in [0.4, 0.5) is 5.95 Å². The lowest BCUT2D eigenvalue weighted by molar-refractivity contribution is 0.0946. The first kappa shape index (κ1) is 17.5. The SMILES string of the molecule is O=C(NCCN1CCN(c2ncccn2)CC1)c1ccc2c(c1)OCCO2. The third kappa shape index (κ3) is 4.28. The number of aromatic nitrogens is 2. The highest BCUT2D eigenvalue weighted by Crippen LogP contribution is 2.30. The minimum absolute atomic E-state index is 0.0942. The lowest BCUT2D eigenvalue weighted by Crippen LogP contribution is -2.49. The number of ether oxygens (including phenoxy) is 2. The molecule has 4 rings (SSSR count). The van der Waals surface area contributed by atoms with E-state index in [0.29, 0.717) is 36.8 Å². The molecule has 0 radical (unpaired) electrons. The maximum absolute atomic E-state index is 12.4. The second-order valence-electron chi connectivity index (χ2n) is 6.49. The topological polar surface area (TPSA) is 79.8 Å². The van der Waals surface area contributed by atoms with Crippen molar-refractivity contribution < 1.29 is 14.3 Å². The summed E-state index contributed by atoms with van der Waals surface area (Å²) in [6, 6.07) is 7.11. The Morgan fingerprint density at radius 1 is 1.04 bits per heavy atom. The molecule has 3 heterocycles. The van der Waals surface area contributed by atoms with E-state index in [1.807, 2.05) is 6.07 Å². The van der Waals surface area contributed by atoms with Gasteiger partial charge in [0.05, 0.1) is 0 Å². The number of benzene rings is 1. The fourth-order valence-electron chi connectivity index (χ4n) is 3.24. The van der Waals surface area contributed by atoms with Crippen molar-refractivity contribution in [3.63, 3.8) is 0 Å². The van der Waals surface area contributed by atoms with Gasteiger partial charge in [0, 0.05) is 57.2 Å². The normalized spacial score (nSPS) is 16.8. The number of anilines is 1. The smallest absolute Gasteiger partial charge is 0.251 e. The fourth-order valence-corrected chi connectivity index (χ4v) is 3.24. The fraction of sp³-hybridized carbons (Fsp3) is 0.421. The van der Waals surface area contributed by atoms with E-state index in [1.54, 1.807) is 30.6 Å². The molecule has 1 aromatic heterocycles. The minimum atomic E-state index is -0.0942. The van der Waals surface area contributed by atoms with E-state index in [1.165, 1.54) is 0 Å². The van der Waals surface area contributed by atoms with Gasteiger partial charge in [-0.2, -0.15) is 0 Å². The standard InChI is InChI=1S/C19H23N5O3/c25-18(15-2-3-16-17(14-15)27-13-12-26-16)20-6-7-23-8-10-24(11-9-23)19-21-4-1-5-22-19/h1-5,14H,6-13H2,(H,20,25). The van der Waals surface area contributed by atoms with Crippen LogP contribution >= 0.6 is 0 Å². The summed E-state index contributed by atoms with van der Waals surface area (Å²) in [5, 5.41) is 2.98. The van der Waals surface area contributed by atoms with Gasteiger partial charge in [-0.1, -0.05) is 0 Å². The number of hydrogen-bond donors (Lipinski definition) is 1. The minimum Gasteiger partial charge on any atom is -0.486 e. The van der Waals surface area contributed by atoms with Gasteiger partial charge in [-0.3, -0.25) is 9.69 Å². The van der Waals surface area contributed by atoms with Gasteiger partial charge in [-0.15, -0.1) is 0 Å². The highest BCUT2D eigenvalue weighted by atomic mass is 16.6. The van der Waals surface area contributed by atoms with Crippen molar-refractivity contribution in [1.29, 1.82) is 0 Å². The summed E-state index contributed by atoms with van der Waals surface area (Å²) in [5.41, 5.74) is 0.588. The first-order valence-electron chi connectivity index (χ1n) is 9.22. The summed E-state index contributed by atoms with van der Waals surface area (Å²) < 4.78 is 11.0. The average molecular weight is 369 g/mol. The van der Waals surface area contributed by atoms with E-state index in [-0.39, 0.29) is 5.91 Å². The summed E-state index contributed by atoms with van der Waals surface area (Å²) in [6.45, 7) is 6.12. The lowest BCUT2D eigenvalue weighted by atomic mass is 10.2. The Kier molecular flexibility index (Phi) is 5.34. The molecular formula is C19H23N5O3. The number of carbonyl (C=O) groups is 1. The predicted octanol–water partition coefficient (Wildman–Crippen LogP) is 0.800. The molecule has 1 aromatic carbocycles. The highest BCUT2D eigenvalue weighted by molar-refractivity contribution is 5.94. The van der Waals surface area contributed by atoms with E-state index in [9.17, 15) is 4.79 Å². The van der Waals surface area contributed by atoms with Crippen molar-refractivity contribution >= 4 is 11.9 Å². The zero-order valence-corrected chi connectivity index (χ0v) is 15.1. The van der Waals surface area contributed by atoms with Crippen LogP contribution in [0.5, 0.6) is 11.5 Å². The number of nitrogens with zero attached hydrogens (tertiary/aromatic N) is 4. The maximum atomic E-state index is 12.4. The number of hydrogen-bond acceptors (Lipinski definition) is 7. The molecular weight excluding hydrogens is 346 g/mol. The molecule has 2 aliphatic rings. The summed E-state index contributed by atoms with van der Waals surface area (Å²) >= 11 is 0. The zero-order chi connectivity index (χ0) is 18.5. The van der Waals surface area contributed by atoms with Crippen molar-refractivity contribution in [3.05, 3.63) is 42.2 Å². The molecule has 0 atom stereocenters. The van der Waals surface area contributed by atoms with Crippen LogP contribution in [0, 0.1) is 0 Å². The molecule has 8 nitrogen and oxygen atoms in total. The van der Waals surface area contributed by atoms with E-state index in [0.717, 1.165) is 38.7 Å². The van der Waals surface area contributed by atoms with Crippen LogP contribution in [0.1, 0.15) is 10.4 Å². The molecule has 0 unspecified atom stereocenters. The van der Waals surface area contributed by atoms with Crippen molar-refractivity contribution in [1.82, 2.24) is 20.2 Å². The van der Waals surface area contributed by atoms with E-state index >= 15 is 0 Å². The molecule has 142 valence electrons. The molecule has 1 fully saturated rings. The Morgan fingerprint density at radius 2 is 1.78 bits per heavy atom. The molecule has 0 bridgehead atoms. The monoisotopic (exact) mass is 369 g/mol. The zero-order valence-electron chi connectivity index (χ0n) is 15.1. The quantitative estimate of drug-likeness (QED) is 0.835. The highest BCUT2D eigenvalue weighted by Gasteiger charge is 2.19. The molecule has 1 amide bonds. The van der Waals surface area contributed by atoms with E-state index < -0.39 is 0 Å². The van der Waals surface area contributed by atoms with Crippen molar-refractivity contribution in [2.75, 3.05) is 57.4 Å². The number of rotatable bonds is 5. The van der Waals surface area contributed by atoms with Gasteiger partial charge in [0.2, 0.25) is 5.95 Å². The van der Waals surface area contributed by atoms with Crippen LogP contribution in [0.25, 0.3) is 0 Å². The van der Waals surface area contributed by atoms with Crippen molar-refractivity contribution in [2.24, 2.45) is 0 Å². The number of nitrogens with one attached hydrogen (secondary N) is 1. The maximum Gasteiger partial charge on any atom is 0.251 e. The second kappa shape index (κ2) is 8.22. The van der Waals surface area contributed by atoms with E-state index in [2.05, 4.69) is 25.1 Å². The third-order valence-corrected chi connectivity index (χ3v) is 4.73. The molecule has 0 aliphatic carbocycles. The second-order valence-corrected chi connectivity index (χ2v) is 6.49. The van der Waals surface area contributed by atoms with Crippen LogP contribution in [0.2, 0.25) is 0 Å². The summed E-state index contributed by atoms with van der Waals surface area (Å²) in [4.78, 5) is 25.5. The van der Waals surface area contributed by atoms with Crippen molar-refractivity contribution in [2.45, 2.75) is 0 Å². The molecule has 1 saturated heterocycles. The third-order valence-electron chi connectivity index (χ3n) is 4.73. The first-order valence-corrected chi connectivity index (χ1v) is 9.22. The Morgan fingerprint density at radius 3 is 2.56 bits per heavy atom. The summed E-state index contributed by atoms with van der Waals surface area (Å²) in [5.74, 6) is 2.01. The number of carbonyl (C=O) groups excluding carboxylic acids is 1. The van der Waals surface area contributed by atoms with Crippen LogP contribution in [0.15, 0.2) is 36.7 Å². The molecule has 0 saturated carbocycles. The van der Waals surface area contributed by atoms with Crippen LogP contribution < -0.4 is 19.7 Å². The largest absolute Gasteiger partial charge is 0.486 e. The Bertz CT molecular complexity index is 778. The van der Waals surface area contributed by atoms with Gasteiger partial charge in [-0.25, -0.2) is 9.97 Å². The Balaban J connectivity index is 1.22. The summed E-state index contributed by atoms with van der Waals surface area (Å²) in [7, 11) is 0. The summed E-state index contributed by atoms with van der Waals surface area (Å²) in [6.07, 6.45) is 3.53. The molecule has 2 aliphatic heterocycles. The number of piperazine rings is 1. The molecule has 1 N–H and O–H groups in total. The average Bonchev–Trinajstić information content (AvgIpc) is 2.74. The first-order chi connectivity index (χ1) is 13.3. The molecule has 27 heavy (non-hydrogen) atoms. The van der Waals surface area contributed by atoms with Gasteiger partial charge >= 0.3 is 0 Å². The van der Waals surface area contributed by atoms with E-state index in [4.69, 9.17) is 9.47 Å². The molecule has 2 aromatic rings. The van der Waals surface area contributed by atoms with Gasteiger partial charge in [0.25, 0.3) is 5.91 Å². The van der Waals surface area contributed by atoms with Crippen molar-refractivity contribution in [3.8, 4) is 11.5 Å². The van der Waals surface area contributed by atoms with Gasteiger partial charge in [0.1, 0.15) is 13.2 Å². The van der Waals surface area contributed by atoms with Crippen LogP contribution in [-0.2, 0) is 0 Å². The van der Waals surface area contributed by atoms with Crippen LogP contribution in [-0.4, -0.2) is 73.3 Å². The Labute approximate surface area is 158 Å². The number of fused-ring (bicyclic) bond motifs is 1. The molecule has 0 spiro atoms. The number of amides is 1. The van der Waals surface area contributed by atoms with Gasteiger partial charge in [-0.05, 0) is 24.3 Å². The van der Waals surface area contributed by atoms with Gasteiger partial charge < -0.3 is 19.7 Å². The van der Waals surface area contributed by atoms with Crippen LogP contribution in [0.3, 0.4) is 0 Å². The molecule has 8 heteroatoms. The lowest BCUT2D eigenvalue weighted by Gasteiger charge is -2.34. The predicted molar refractivity (Wildman–Crippen MR) is 100 cm³/mol. The van der Waals surface area contributed by atoms with Gasteiger partial charge in [0.15, 0.2) is 11.5 Å². The Hall–Kier alpha value is -2.87.